The molecule has 2 aliphatic heterocycles. The number of aryl methyl sites for hydroxylation is 1. The Morgan fingerprint density at radius 2 is 1.77 bits per heavy atom. The molecule has 1 aromatic heterocycles. The van der Waals surface area contributed by atoms with E-state index in [9.17, 15) is 9.59 Å². The maximum atomic E-state index is 13.2. The normalized spacial score (nSPS) is 20.0. The van der Waals surface area contributed by atoms with Crippen molar-refractivity contribution in [2.24, 2.45) is 5.92 Å². The molecular weight excluding hydrogens is 556 g/mol. The van der Waals surface area contributed by atoms with Crippen LogP contribution in [0.2, 0.25) is 0 Å². The molecule has 0 radical (unpaired) electrons. The predicted molar refractivity (Wildman–Crippen MR) is 172 cm³/mol. The minimum atomic E-state index is -0.600. The Bertz CT molecular complexity index is 1490. The number of ether oxygens (including phenoxy) is 4. The van der Waals surface area contributed by atoms with Gasteiger partial charge >= 0.3 is 12.1 Å². The summed E-state index contributed by atoms with van der Waals surface area (Å²) in [5, 5.41) is 0.983. The number of carbonyl (C=O) groups excluding carboxylic acids is 2. The van der Waals surface area contributed by atoms with Gasteiger partial charge in [-0.05, 0) is 89.2 Å². The lowest BCUT2D eigenvalue weighted by atomic mass is 9.83. The number of rotatable bonds is 4. The lowest BCUT2D eigenvalue weighted by Crippen LogP contribution is -2.37. The second-order valence-electron chi connectivity index (χ2n) is 13.3. The van der Waals surface area contributed by atoms with E-state index in [1.807, 2.05) is 52.0 Å². The SMILES string of the molecule is COC(=O)c1ccc2c(c1)OCCCCCCC[C@H]1CCN(Cc3c(OC)cc(C)c4c3ccn4C(=O)OC(C)(C)C)[C@H]2C1. The number of nitrogens with zero attached hydrogens (tertiary/aromatic N) is 2. The van der Waals surface area contributed by atoms with Gasteiger partial charge in [-0.25, -0.2) is 9.59 Å². The van der Waals surface area contributed by atoms with Gasteiger partial charge < -0.3 is 18.9 Å². The van der Waals surface area contributed by atoms with Crippen LogP contribution in [-0.4, -0.2) is 54.5 Å². The third-order valence-electron chi connectivity index (χ3n) is 9.03. The third kappa shape index (κ3) is 7.06. The van der Waals surface area contributed by atoms with Gasteiger partial charge in [-0.1, -0.05) is 38.2 Å². The minimum Gasteiger partial charge on any atom is -0.496 e. The zero-order chi connectivity index (χ0) is 31.4. The number of likely N-dealkylation sites (tertiary alicyclic amines) is 1. The molecule has 2 aromatic carbocycles. The fourth-order valence-electron chi connectivity index (χ4n) is 6.86. The zero-order valence-corrected chi connectivity index (χ0v) is 27.2. The van der Waals surface area contributed by atoms with Crippen molar-refractivity contribution < 1.29 is 28.5 Å². The van der Waals surface area contributed by atoms with Gasteiger partial charge in [0, 0.05) is 35.3 Å². The van der Waals surface area contributed by atoms with Gasteiger partial charge in [0.1, 0.15) is 17.1 Å². The van der Waals surface area contributed by atoms with E-state index < -0.39 is 11.7 Å². The van der Waals surface area contributed by atoms with Crippen molar-refractivity contribution in [1.29, 1.82) is 0 Å². The molecule has 8 nitrogen and oxygen atoms in total. The van der Waals surface area contributed by atoms with Crippen LogP contribution in [0.1, 0.15) is 105 Å². The van der Waals surface area contributed by atoms with E-state index in [0.717, 1.165) is 71.3 Å². The number of fused-ring (bicyclic) bond motifs is 5. The lowest BCUT2D eigenvalue weighted by molar-refractivity contribution is 0.0542. The van der Waals surface area contributed by atoms with E-state index in [2.05, 4.69) is 11.0 Å². The average molecular weight is 605 g/mol. The molecule has 44 heavy (non-hydrogen) atoms. The maximum Gasteiger partial charge on any atom is 0.419 e. The molecule has 1 saturated heterocycles. The molecule has 1 fully saturated rings. The molecule has 3 heterocycles. The second-order valence-corrected chi connectivity index (χ2v) is 13.3. The molecule has 2 aliphatic rings. The topological polar surface area (TPSA) is 79.2 Å². The summed E-state index contributed by atoms with van der Waals surface area (Å²) >= 11 is 0. The van der Waals surface area contributed by atoms with Gasteiger partial charge in [-0.2, -0.15) is 0 Å². The van der Waals surface area contributed by atoms with Gasteiger partial charge in [0.15, 0.2) is 0 Å². The van der Waals surface area contributed by atoms with Crippen LogP contribution >= 0.6 is 0 Å². The molecule has 0 N–H and O–H groups in total. The number of hydrogen-bond acceptors (Lipinski definition) is 7. The zero-order valence-electron chi connectivity index (χ0n) is 27.2. The molecule has 0 aliphatic carbocycles. The van der Waals surface area contributed by atoms with E-state index in [1.165, 1.54) is 32.8 Å². The highest BCUT2D eigenvalue weighted by molar-refractivity contribution is 5.95. The first-order chi connectivity index (χ1) is 21.1. The summed E-state index contributed by atoms with van der Waals surface area (Å²) in [7, 11) is 3.11. The maximum absolute atomic E-state index is 13.2. The fourth-order valence-corrected chi connectivity index (χ4v) is 6.86. The minimum absolute atomic E-state index is 0.102. The van der Waals surface area contributed by atoms with Crippen molar-refractivity contribution in [3.05, 3.63) is 58.8 Å². The first-order valence-corrected chi connectivity index (χ1v) is 16.1. The lowest BCUT2D eigenvalue weighted by Gasteiger charge is -2.41. The van der Waals surface area contributed by atoms with Crippen molar-refractivity contribution in [2.45, 2.75) is 97.2 Å². The first-order valence-electron chi connectivity index (χ1n) is 16.1. The molecule has 3 aromatic rings. The highest BCUT2D eigenvalue weighted by Crippen LogP contribution is 2.43. The molecule has 8 heteroatoms. The number of methoxy groups -OCH3 is 2. The van der Waals surface area contributed by atoms with Crippen LogP contribution in [0.15, 0.2) is 36.5 Å². The molecule has 2 bridgehead atoms. The summed E-state index contributed by atoms with van der Waals surface area (Å²) in [5.41, 5.74) is 3.84. The second kappa shape index (κ2) is 13.6. The molecular formula is C36H48N2O6. The molecule has 0 saturated carbocycles. The number of carbonyl (C=O) groups is 2. The van der Waals surface area contributed by atoms with Gasteiger partial charge in [0.05, 0.1) is 31.9 Å². The largest absolute Gasteiger partial charge is 0.496 e. The van der Waals surface area contributed by atoms with Crippen molar-refractivity contribution in [2.75, 3.05) is 27.4 Å². The number of piperidine rings is 1. The van der Waals surface area contributed by atoms with Crippen molar-refractivity contribution in [3.8, 4) is 11.5 Å². The van der Waals surface area contributed by atoms with Crippen LogP contribution in [-0.2, 0) is 16.0 Å². The van der Waals surface area contributed by atoms with Crippen molar-refractivity contribution in [1.82, 2.24) is 9.47 Å². The summed E-state index contributed by atoms with van der Waals surface area (Å²) in [6.45, 7) is 9.83. The smallest absolute Gasteiger partial charge is 0.419 e. The Labute approximate surface area is 261 Å². The van der Waals surface area contributed by atoms with Crippen LogP contribution < -0.4 is 9.47 Å². The quantitative estimate of drug-likeness (QED) is 0.278. The number of aromatic nitrogens is 1. The van der Waals surface area contributed by atoms with E-state index >= 15 is 0 Å². The average Bonchev–Trinajstić information content (AvgIpc) is 3.45. The van der Waals surface area contributed by atoms with Crippen LogP contribution in [0.25, 0.3) is 10.9 Å². The molecule has 238 valence electrons. The Morgan fingerprint density at radius 3 is 2.52 bits per heavy atom. The van der Waals surface area contributed by atoms with Crippen LogP contribution in [0.5, 0.6) is 11.5 Å². The number of esters is 1. The fraction of sp³-hybridized carbons (Fsp3) is 0.556. The summed E-state index contributed by atoms with van der Waals surface area (Å²) in [4.78, 5) is 28.2. The Balaban J connectivity index is 1.56. The summed E-state index contributed by atoms with van der Waals surface area (Å²) in [6, 6.07) is 9.90. The Morgan fingerprint density at radius 1 is 1.00 bits per heavy atom. The van der Waals surface area contributed by atoms with Gasteiger partial charge in [0.2, 0.25) is 0 Å². The van der Waals surface area contributed by atoms with Gasteiger partial charge in [0.25, 0.3) is 0 Å². The van der Waals surface area contributed by atoms with Gasteiger partial charge in [-0.3, -0.25) is 9.47 Å². The highest BCUT2D eigenvalue weighted by atomic mass is 16.6. The van der Waals surface area contributed by atoms with Crippen molar-refractivity contribution in [3.63, 3.8) is 0 Å². The van der Waals surface area contributed by atoms with E-state index in [4.69, 9.17) is 18.9 Å². The van der Waals surface area contributed by atoms with Gasteiger partial charge in [-0.15, -0.1) is 0 Å². The van der Waals surface area contributed by atoms with Crippen LogP contribution in [0.3, 0.4) is 0 Å². The van der Waals surface area contributed by atoms with E-state index in [-0.39, 0.29) is 12.0 Å². The number of hydrogen-bond donors (Lipinski definition) is 0. The molecule has 0 unspecified atom stereocenters. The molecule has 0 amide bonds. The summed E-state index contributed by atoms with van der Waals surface area (Å²) in [5.74, 6) is 1.83. The van der Waals surface area contributed by atoms with E-state index in [1.54, 1.807) is 17.9 Å². The first kappa shape index (κ1) is 31.9. The van der Waals surface area contributed by atoms with E-state index in [0.29, 0.717) is 24.6 Å². The number of benzene rings is 2. The predicted octanol–water partition coefficient (Wildman–Crippen LogP) is 8.21. The summed E-state index contributed by atoms with van der Waals surface area (Å²) in [6.07, 6.45) is 10.7. The Kier molecular flexibility index (Phi) is 9.88. The Hall–Kier alpha value is -3.52. The molecule has 5 rings (SSSR count). The van der Waals surface area contributed by atoms with Crippen molar-refractivity contribution >= 4 is 23.0 Å². The third-order valence-corrected chi connectivity index (χ3v) is 9.03. The highest BCUT2D eigenvalue weighted by Gasteiger charge is 2.33. The van der Waals surface area contributed by atoms with Crippen LogP contribution in [0, 0.1) is 12.8 Å². The summed E-state index contributed by atoms with van der Waals surface area (Å²) < 4.78 is 24.7. The van der Waals surface area contributed by atoms with Crippen LogP contribution in [0.4, 0.5) is 4.79 Å². The molecule has 0 spiro atoms. The monoisotopic (exact) mass is 604 g/mol. The molecule has 2 atom stereocenters. The standard InChI is InChI=1S/C36H48N2O6/c1-24-20-31(41-5)29(27-16-18-38(33(24)27)35(40)44-36(2,3)4)23-37-17-15-25-12-10-8-7-9-11-19-43-32-22-26(34(39)42-6)13-14-28(32)30(37)21-25/h13-14,16,18,20,22,25,30H,7-12,15,17,19,21,23H2,1-6H3/t25-,30-/m0/s1.